The molecule has 0 radical (unpaired) electrons. The van der Waals surface area contributed by atoms with Gasteiger partial charge in [-0.15, -0.1) is 10.2 Å². The summed E-state index contributed by atoms with van der Waals surface area (Å²) in [7, 11) is 3.56. The van der Waals surface area contributed by atoms with E-state index in [0.29, 0.717) is 31.4 Å². The van der Waals surface area contributed by atoms with E-state index < -0.39 is 0 Å². The van der Waals surface area contributed by atoms with Gasteiger partial charge in [-0.3, -0.25) is 9.59 Å². The number of quaternary nitrogens is 1. The van der Waals surface area contributed by atoms with Crippen LogP contribution < -0.4 is 4.90 Å². The highest BCUT2D eigenvalue weighted by molar-refractivity contribution is 7.99. The first-order valence-corrected chi connectivity index (χ1v) is 9.80. The van der Waals surface area contributed by atoms with Gasteiger partial charge in [0.15, 0.2) is 11.7 Å². The number of carbonyl (C=O) groups excluding carboxylic acids is 2. The molecular weight excluding hydrogens is 340 g/mol. The second-order valence-electron chi connectivity index (χ2n) is 7.02. The van der Waals surface area contributed by atoms with E-state index in [1.54, 1.807) is 19.0 Å². The number of piperazine rings is 1. The Morgan fingerprint density at radius 1 is 1.24 bits per heavy atom. The van der Waals surface area contributed by atoms with Gasteiger partial charge in [-0.2, -0.15) is 0 Å². The molecule has 2 heterocycles. The summed E-state index contributed by atoms with van der Waals surface area (Å²) in [6.45, 7) is 5.55. The van der Waals surface area contributed by atoms with Crippen molar-refractivity contribution < 1.29 is 14.5 Å². The molecule has 1 saturated heterocycles. The minimum absolute atomic E-state index is 0.139. The molecule has 2 fully saturated rings. The quantitative estimate of drug-likeness (QED) is 0.641. The Balaban J connectivity index is 1.45. The Morgan fingerprint density at radius 2 is 1.92 bits per heavy atom. The number of aromatic nitrogens is 3. The van der Waals surface area contributed by atoms with Crippen molar-refractivity contribution in [2.75, 3.05) is 52.6 Å². The second-order valence-corrected chi connectivity index (χ2v) is 7.96. The molecule has 0 atom stereocenters. The van der Waals surface area contributed by atoms with E-state index in [2.05, 4.69) is 14.8 Å². The zero-order valence-electron chi connectivity index (χ0n) is 15.2. The summed E-state index contributed by atoms with van der Waals surface area (Å²) >= 11 is 1.48. The van der Waals surface area contributed by atoms with Gasteiger partial charge in [0, 0.05) is 20.1 Å². The molecule has 0 bridgehead atoms. The minimum Gasteiger partial charge on any atom is -0.344 e. The van der Waals surface area contributed by atoms with Gasteiger partial charge >= 0.3 is 0 Å². The maximum absolute atomic E-state index is 12.5. The predicted octanol–water partition coefficient (Wildman–Crippen LogP) is -1.17. The largest absolute Gasteiger partial charge is 0.344 e. The van der Waals surface area contributed by atoms with Crippen molar-refractivity contribution in [2.24, 2.45) is 0 Å². The van der Waals surface area contributed by atoms with Gasteiger partial charge in [0.05, 0.1) is 31.9 Å². The smallest absolute Gasteiger partial charge is 0.277 e. The van der Waals surface area contributed by atoms with Crippen molar-refractivity contribution in [3.63, 3.8) is 0 Å². The predicted molar refractivity (Wildman–Crippen MR) is 94.6 cm³/mol. The Labute approximate surface area is 152 Å². The minimum atomic E-state index is 0.139. The average molecular weight is 367 g/mol. The zero-order chi connectivity index (χ0) is 18.0. The van der Waals surface area contributed by atoms with Crippen LogP contribution in [0.5, 0.6) is 0 Å². The molecular formula is C16H27N6O2S+. The first-order chi connectivity index (χ1) is 12.0. The summed E-state index contributed by atoms with van der Waals surface area (Å²) < 4.78 is 2.16. The number of amides is 2. The van der Waals surface area contributed by atoms with Gasteiger partial charge in [0.2, 0.25) is 5.91 Å². The fraction of sp³-hybridized carbons (Fsp3) is 0.750. The van der Waals surface area contributed by atoms with Crippen molar-refractivity contribution in [2.45, 2.75) is 31.0 Å². The lowest BCUT2D eigenvalue weighted by Gasteiger charge is -2.32. The Hall–Kier alpha value is -1.61. The van der Waals surface area contributed by atoms with E-state index in [4.69, 9.17) is 0 Å². The third-order valence-electron chi connectivity index (χ3n) is 4.80. The number of hydrogen-bond donors (Lipinski definition) is 1. The summed E-state index contributed by atoms with van der Waals surface area (Å²) in [4.78, 5) is 29.0. The normalized spacial score (nSPS) is 18.4. The summed E-state index contributed by atoms with van der Waals surface area (Å²) in [6.07, 6.45) is 2.35. The summed E-state index contributed by atoms with van der Waals surface area (Å²) in [5.74, 6) is 1.61. The standard InChI is InChI=1S/C16H26N6O2S/c1-12-17-18-16(22(12)13-4-5-13)25-11-15(24)21-8-6-20(7-9-21)10-14(23)19(2)3/h13H,4-11H2,1-3H3/p+1. The van der Waals surface area contributed by atoms with E-state index >= 15 is 0 Å². The highest BCUT2D eigenvalue weighted by atomic mass is 32.2. The number of aryl methyl sites for hydroxylation is 1. The molecule has 1 aromatic rings. The zero-order valence-corrected chi connectivity index (χ0v) is 16.0. The maximum atomic E-state index is 12.5. The fourth-order valence-electron chi connectivity index (χ4n) is 3.04. The van der Waals surface area contributed by atoms with E-state index in [0.717, 1.165) is 24.1 Å². The molecule has 138 valence electrons. The van der Waals surface area contributed by atoms with Crippen LogP contribution in [0.15, 0.2) is 5.16 Å². The third-order valence-corrected chi connectivity index (χ3v) is 5.72. The second kappa shape index (κ2) is 7.74. The lowest BCUT2D eigenvalue weighted by atomic mass is 10.3. The molecule has 3 rings (SSSR count). The molecule has 1 aromatic heterocycles. The Kier molecular flexibility index (Phi) is 5.63. The third kappa shape index (κ3) is 4.52. The molecule has 9 heteroatoms. The van der Waals surface area contributed by atoms with Gasteiger partial charge < -0.3 is 19.3 Å². The monoisotopic (exact) mass is 367 g/mol. The number of carbonyl (C=O) groups is 2. The van der Waals surface area contributed by atoms with Crippen molar-refractivity contribution in [3.8, 4) is 0 Å². The van der Waals surface area contributed by atoms with Crippen molar-refractivity contribution in [1.29, 1.82) is 0 Å². The van der Waals surface area contributed by atoms with Crippen molar-refractivity contribution >= 4 is 23.6 Å². The number of nitrogens with one attached hydrogen (secondary N) is 1. The van der Waals surface area contributed by atoms with Crippen molar-refractivity contribution in [3.05, 3.63) is 5.82 Å². The molecule has 1 saturated carbocycles. The van der Waals surface area contributed by atoms with Crippen LogP contribution in [0.3, 0.4) is 0 Å². The van der Waals surface area contributed by atoms with Crippen LogP contribution in [0.25, 0.3) is 0 Å². The van der Waals surface area contributed by atoms with Gasteiger partial charge in [-0.05, 0) is 19.8 Å². The number of rotatable bonds is 6. The van der Waals surface area contributed by atoms with Gasteiger partial charge in [0.25, 0.3) is 5.91 Å². The van der Waals surface area contributed by atoms with Crippen molar-refractivity contribution in [1.82, 2.24) is 24.6 Å². The lowest BCUT2D eigenvalue weighted by Crippen LogP contribution is -3.15. The lowest BCUT2D eigenvalue weighted by molar-refractivity contribution is -0.896. The van der Waals surface area contributed by atoms with Crippen LogP contribution in [0.2, 0.25) is 0 Å². The molecule has 1 aliphatic heterocycles. The molecule has 8 nitrogen and oxygen atoms in total. The van der Waals surface area contributed by atoms with Gasteiger partial charge in [-0.25, -0.2) is 0 Å². The topological polar surface area (TPSA) is 75.8 Å². The van der Waals surface area contributed by atoms with E-state index in [9.17, 15) is 9.59 Å². The first-order valence-electron chi connectivity index (χ1n) is 8.81. The molecule has 1 aliphatic carbocycles. The number of hydrogen-bond acceptors (Lipinski definition) is 5. The highest BCUT2D eigenvalue weighted by Gasteiger charge is 2.29. The number of likely N-dealkylation sites (N-methyl/N-ethyl adjacent to an activating group) is 1. The Morgan fingerprint density at radius 3 is 2.52 bits per heavy atom. The molecule has 2 amide bonds. The molecule has 0 aromatic carbocycles. The fourth-order valence-corrected chi connectivity index (χ4v) is 3.99. The highest BCUT2D eigenvalue weighted by Crippen LogP contribution is 2.38. The summed E-state index contributed by atoms with van der Waals surface area (Å²) in [5, 5.41) is 9.22. The summed E-state index contributed by atoms with van der Waals surface area (Å²) in [5.41, 5.74) is 0. The molecule has 1 N–H and O–H groups in total. The van der Waals surface area contributed by atoms with E-state index in [-0.39, 0.29) is 11.8 Å². The summed E-state index contributed by atoms with van der Waals surface area (Å²) in [6, 6.07) is 0.522. The van der Waals surface area contributed by atoms with Crippen LogP contribution in [0.1, 0.15) is 24.7 Å². The van der Waals surface area contributed by atoms with E-state index in [1.807, 2.05) is 11.8 Å². The maximum Gasteiger partial charge on any atom is 0.277 e. The SMILES string of the molecule is Cc1nnc(SCC(=O)N2CC[NH+](CC(=O)N(C)C)CC2)n1C1CC1. The molecule has 0 spiro atoms. The van der Waals surface area contributed by atoms with Crippen LogP contribution in [-0.2, 0) is 9.59 Å². The molecule has 25 heavy (non-hydrogen) atoms. The van der Waals surface area contributed by atoms with Gasteiger partial charge in [0.1, 0.15) is 5.82 Å². The molecule has 2 aliphatic rings. The number of nitrogens with zero attached hydrogens (tertiary/aromatic N) is 5. The van der Waals surface area contributed by atoms with Crippen LogP contribution in [-0.4, -0.2) is 89.0 Å². The first kappa shape index (κ1) is 18.2. The van der Waals surface area contributed by atoms with Crippen LogP contribution >= 0.6 is 11.8 Å². The van der Waals surface area contributed by atoms with E-state index in [1.165, 1.54) is 29.5 Å². The average Bonchev–Trinajstić information content (AvgIpc) is 3.36. The number of thioether (sulfide) groups is 1. The molecule has 0 unspecified atom stereocenters. The van der Waals surface area contributed by atoms with Crippen LogP contribution in [0, 0.1) is 6.92 Å². The van der Waals surface area contributed by atoms with Gasteiger partial charge in [-0.1, -0.05) is 11.8 Å². The van der Waals surface area contributed by atoms with Crippen LogP contribution in [0.4, 0.5) is 0 Å². The Bertz CT molecular complexity index is 635.